The van der Waals surface area contributed by atoms with E-state index < -0.39 is 6.10 Å². The summed E-state index contributed by atoms with van der Waals surface area (Å²) in [6.45, 7) is 3.69. The van der Waals surface area contributed by atoms with Gasteiger partial charge in [0.2, 0.25) is 0 Å². The number of aliphatic hydroxyl groups excluding tert-OH is 1. The lowest BCUT2D eigenvalue weighted by Crippen LogP contribution is -2.43. The van der Waals surface area contributed by atoms with Crippen LogP contribution >= 0.6 is 11.3 Å². The first-order chi connectivity index (χ1) is 13.2. The first-order valence-electron chi connectivity index (χ1n) is 10.1. The van der Waals surface area contributed by atoms with Crippen LogP contribution in [0.15, 0.2) is 35.3 Å². The summed E-state index contributed by atoms with van der Waals surface area (Å²) in [6.07, 6.45) is 5.02. The Morgan fingerprint density at radius 3 is 2.78 bits per heavy atom. The molecule has 2 saturated carbocycles. The largest absolute Gasteiger partial charge is 0.386 e. The van der Waals surface area contributed by atoms with Crippen molar-refractivity contribution >= 4 is 27.4 Å². The lowest BCUT2D eigenvalue weighted by atomic mass is 10.2. The SMILES string of the molecule is CN=C(NCCN(CC1CC1)C1CC1)NCC(O)c1cc2ccccc2s1. The third-order valence-electron chi connectivity index (χ3n) is 5.40. The number of benzene rings is 1. The van der Waals surface area contributed by atoms with Crippen molar-refractivity contribution in [3.8, 4) is 0 Å². The highest BCUT2D eigenvalue weighted by molar-refractivity contribution is 7.19. The minimum Gasteiger partial charge on any atom is -0.386 e. The van der Waals surface area contributed by atoms with Crippen LogP contribution in [0.4, 0.5) is 0 Å². The second-order valence-corrected chi connectivity index (χ2v) is 8.87. The van der Waals surface area contributed by atoms with E-state index in [4.69, 9.17) is 0 Å². The van der Waals surface area contributed by atoms with Crippen LogP contribution < -0.4 is 10.6 Å². The summed E-state index contributed by atoms with van der Waals surface area (Å²) < 4.78 is 1.21. The molecule has 0 aliphatic heterocycles. The zero-order valence-corrected chi connectivity index (χ0v) is 16.8. The molecule has 146 valence electrons. The molecule has 2 aliphatic rings. The molecule has 1 atom stereocenters. The van der Waals surface area contributed by atoms with E-state index in [1.54, 1.807) is 18.4 Å². The van der Waals surface area contributed by atoms with Gasteiger partial charge in [0.25, 0.3) is 0 Å². The van der Waals surface area contributed by atoms with Gasteiger partial charge in [0.15, 0.2) is 5.96 Å². The van der Waals surface area contributed by atoms with Crippen molar-refractivity contribution in [2.24, 2.45) is 10.9 Å². The normalized spacial score (nSPS) is 18.9. The standard InChI is InChI=1S/C21H30N4OS/c1-22-21(23-10-11-25(17-8-9-17)14-15-6-7-15)24-13-18(26)20-12-16-4-2-3-5-19(16)27-20/h2-5,12,15,17-18,26H,6-11,13-14H2,1H3,(H2,22,23,24). The van der Waals surface area contributed by atoms with Crippen LogP contribution in [0, 0.1) is 5.92 Å². The third kappa shape index (κ3) is 5.21. The number of fused-ring (bicyclic) bond motifs is 1. The molecule has 1 heterocycles. The summed E-state index contributed by atoms with van der Waals surface area (Å²) in [5, 5.41) is 18.4. The van der Waals surface area contributed by atoms with Gasteiger partial charge in [-0.3, -0.25) is 9.89 Å². The Morgan fingerprint density at radius 2 is 2.07 bits per heavy atom. The van der Waals surface area contributed by atoms with E-state index in [9.17, 15) is 5.11 Å². The number of nitrogens with one attached hydrogen (secondary N) is 2. The number of hydrogen-bond acceptors (Lipinski definition) is 4. The first-order valence-corrected chi connectivity index (χ1v) is 10.9. The van der Waals surface area contributed by atoms with Gasteiger partial charge < -0.3 is 15.7 Å². The third-order valence-corrected chi connectivity index (χ3v) is 6.62. The van der Waals surface area contributed by atoms with Gasteiger partial charge in [0.05, 0.1) is 0 Å². The van der Waals surface area contributed by atoms with Gasteiger partial charge in [-0.05, 0) is 49.1 Å². The summed E-state index contributed by atoms with van der Waals surface area (Å²) in [4.78, 5) is 7.93. The Bertz CT molecular complexity index is 748. The lowest BCUT2D eigenvalue weighted by molar-refractivity contribution is 0.184. The molecule has 0 amide bonds. The van der Waals surface area contributed by atoms with E-state index in [1.807, 2.05) is 12.1 Å². The van der Waals surface area contributed by atoms with Crippen molar-refractivity contribution in [3.05, 3.63) is 35.2 Å². The molecule has 2 aromatic rings. The molecular formula is C21H30N4OS. The summed E-state index contributed by atoms with van der Waals surface area (Å²) in [7, 11) is 1.78. The zero-order chi connectivity index (χ0) is 18.6. The summed E-state index contributed by atoms with van der Waals surface area (Å²) in [5.74, 6) is 1.71. The molecule has 4 rings (SSSR count). The number of rotatable bonds is 9. The van der Waals surface area contributed by atoms with E-state index in [2.05, 4.69) is 38.7 Å². The molecule has 0 spiro atoms. The molecule has 2 fully saturated rings. The van der Waals surface area contributed by atoms with Gasteiger partial charge in [-0.25, -0.2) is 0 Å². The van der Waals surface area contributed by atoms with Gasteiger partial charge in [-0.2, -0.15) is 0 Å². The maximum absolute atomic E-state index is 10.5. The molecule has 27 heavy (non-hydrogen) atoms. The van der Waals surface area contributed by atoms with E-state index in [1.165, 1.54) is 42.3 Å². The average Bonchev–Trinajstić information content (AvgIpc) is 3.61. The number of thiophene rings is 1. The molecule has 0 radical (unpaired) electrons. The highest BCUT2D eigenvalue weighted by atomic mass is 32.1. The highest BCUT2D eigenvalue weighted by Crippen LogP contribution is 2.34. The van der Waals surface area contributed by atoms with Crippen molar-refractivity contribution in [2.75, 3.05) is 33.2 Å². The molecule has 0 bridgehead atoms. The second kappa shape index (κ2) is 8.59. The van der Waals surface area contributed by atoms with Crippen molar-refractivity contribution in [1.82, 2.24) is 15.5 Å². The number of hydrogen-bond donors (Lipinski definition) is 3. The molecule has 2 aliphatic carbocycles. The predicted molar refractivity (Wildman–Crippen MR) is 113 cm³/mol. The Morgan fingerprint density at radius 1 is 1.26 bits per heavy atom. The molecule has 5 nitrogen and oxygen atoms in total. The zero-order valence-electron chi connectivity index (χ0n) is 16.0. The van der Waals surface area contributed by atoms with Gasteiger partial charge in [0.1, 0.15) is 6.10 Å². The minimum absolute atomic E-state index is 0.459. The number of aliphatic imine (C=N–C) groups is 1. The Balaban J connectivity index is 1.22. The van der Waals surface area contributed by atoms with E-state index in [0.29, 0.717) is 6.54 Å². The summed E-state index contributed by atoms with van der Waals surface area (Å²) in [6, 6.07) is 11.1. The number of nitrogens with zero attached hydrogens (tertiary/aromatic N) is 2. The van der Waals surface area contributed by atoms with E-state index in [0.717, 1.165) is 35.9 Å². The highest BCUT2D eigenvalue weighted by Gasteiger charge is 2.33. The van der Waals surface area contributed by atoms with Crippen LogP contribution in [0.3, 0.4) is 0 Å². The van der Waals surface area contributed by atoms with E-state index in [-0.39, 0.29) is 0 Å². The second-order valence-electron chi connectivity index (χ2n) is 7.75. The lowest BCUT2D eigenvalue weighted by Gasteiger charge is -2.22. The molecule has 1 unspecified atom stereocenters. The van der Waals surface area contributed by atoms with Crippen LogP contribution in [0.25, 0.3) is 10.1 Å². The molecule has 6 heteroatoms. The Hall–Kier alpha value is -1.63. The van der Waals surface area contributed by atoms with Crippen LogP contribution in [0.1, 0.15) is 36.7 Å². The van der Waals surface area contributed by atoms with E-state index >= 15 is 0 Å². The summed E-state index contributed by atoms with van der Waals surface area (Å²) in [5.41, 5.74) is 0. The van der Waals surface area contributed by atoms with Crippen LogP contribution in [-0.4, -0.2) is 55.2 Å². The van der Waals surface area contributed by atoms with Crippen LogP contribution in [0.5, 0.6) is 0 Å². The Labute approximate surface area is 165 Å². The fourth-order valence-electron chi connectivity index (χ4n) is 3.49. The topological polar surface area (TPSA) is 59.9 Å². The first kappa shape index (κ1) is 18.7. The fourth-order valence-corrected chi connectivity index (χ4v) is 4.54. The molecule has 1 aromatic carbocycles. The van der Waals surface area contributed by atoms with Gasteiger partial charge in [0, 0.05) is 48.8 Å². The fraction of sp³-hybridized carbons (Fsp3) is 0.571. The molecule has 1 aromatic heterocycles. The van der Waals surface area contributed by atoms with Crippen molar-refractivity contribution in [2.45, 2.75) is 37.8 Å². The average molecular weight is 387 g/mol. The molecular weight excluding hydrogens is 356 g/mol. The van der Waals surface area contributed by atoms with Gasteiger partial charge >= 0.3 is 0 Å². The number of guanidine groups is 1. The smallest absolute Gasteiger partial charge is 0.191 e. The maximum Gasteiger partial charge on any atom is 0.191 e. The van der Waals surface area contributed by atoms with Crippen molar-refractivity contribution in [1.29, 1.82) is 0 Å². The Kier molecular flexibility index (Phi) is 5.95. The molecule has 3 N–H and O–H groups in total. The predicted octanol–water partition coefficient (Wildman–Crippen LogP) is 2.97. The van der Waals surface area contributed by atoms with Gasteiger partial charge in [-0.15, -0.1) is 11.3 Å². The quantitative estimate of drug-likeness (QED) is 0.458. The van der Waals surface area contributed by atoms with Crippen LogP contribution in [-0.2, 0) is 0 Å². The number of aliphatic hydroxyl groups is 1. The maximum atomic E-state index is 10.5. The van der Waals surface area contributed by atoms with Crippen LogP contribution in [0.2, 0.25) is 0 Å². The minimum atomic E-state index is -0.529. The summed E-state index contributed by atoms with van der Waals surface area (Å²) >= 11 is 1.65. The van der Waals surface area contributed by atoms with Gasteiger partial charge in [-0.1, -0.05) is 18.2 Å². The monoisotopic (exact) mass is 386 g/mol. The van der Waals surface area contributed by atoms with Crippen molar-refractivity contribution < 1.29 is 5.11 Å². The molecule has 0 saturated heterocycles. The van der Waals surface area contributed by atoms with Crippen molar-refractivity contribution in [3.63, 3.8) is 0 Å².